The minimum absolute atomic E-state index is 0.0749. The van der Waals surface area contributed by atoms with Gasteiger partial charge in [-0.1, -0.05) is 120 Å². The number of epoxide rings is 1. The minimum atomic E-state index is -0.369. The monoisotopic (exact) mass is 576 g/mol. The summed E-state index contributed by atoms with van der Waals surface area (Å²) in [6.45, 7) is 8.95. The second-order valence-electron chi connectivity index (χ2n) is 11.0. The van der Waals surface area contributed by atoms with Crippen LogP contribution in [0.5, 0.6) is 0 Å². The Hall–Kier alpha value is -1.50. The molecule has 2 rings (SSSR count). The van der Waals surface area contributed by atoms with Crippen LogP contribution in [0.15, 0.2) is 54.6 Å². The Balaban J connectivity index is 0.000000681. The zero-order valence-electron chi connectivity index (χ0n) is 26.7. The van der Waals surface area contributed by atoms with Gasteiger partial charge in [-0.15, -0.1) is 0 Å². The van der Waals surface area contributed by atoms with Crippen molar-refractivity contribution in [3.05, 3.63) is 60.2 Å². The van der Waals surface area contributed by atoms with E-state index in [1.165, 1.54) is 69.8 Å². The van der Waals surface area contributed by atoms with Gasteiger partial charge in [0.15, 0.2) is 0 Å². The van der Waals surface area contributed by atoms with E-state index in [1.807, 2.05) is 24.3 Å². The summed E-state index contributed by atoms with van der Waals surface area (Å²) in [6, 6.07) is 10.1. The van der Waals surface area contributed by atoms with Gasteiger partial charge in [0, 0.05) is 13.2 Å². The molecule has 1 saturated heterocycles. The average Bonchev–Trinajstić information content (AvgIpc) is 3.80. The molecular weight excluding hydrogens is 512 g/mol. The summed E-state index contributed by atoms with van der Waals surface area (Å²) >= 11 is 0. The zero-order chi connectivity index (χ0) is 30.2. The van der Waals surface area contributed by atoms with Gasteiger partial charge in [0.2, 0.25) is 0 Å². The Bertz CT molecular complexity index is 686. The molecule has 41 heavy (non-hydrogen) atoms. The smallest absolute Gasteiger partial charge is 0.0809 e. The van der Waals surface area contributed by atoms with E-state index in [0.29, 0.717) is 38.6 Å². The highest BCUT2D eigenvalue weighted by atomic mass is 16.6. The van der Waals surface area contributed by atoms with Gasteiger partial charge in [0.1, 0.15) is 0 Å². The molecule has 0 radical (unpaired) electrons. The normalized spacial score (nSPS) is 15.7. The van der Waals surface area contributed by atoms with E-state index in [1.54, 1.807) is 0 Å². The molecule has 0 aliphatic carbocycles. The summed E-state index contributed by atoms with van der Waals surface area (Å²) in [5.74, 6) is 0. The highest BCUT2D eigenvalue weighted by Gasteiger charge is 2.19. The number of ether oxygens (including phenoxy) is 2. The van der Waals surface area contributed by atoms with Crippen molar-refractivity contribution in [2.45, 2.75) is 148 Å². The van der Waals surface area contributed by atoms with Crippen LogP contribution in [-0.2, 0) is 16.1 Å². The number of aliphatic hydroxyl groups is 3. The maximum absolute atomic E-state index is 9.86. The molecule has 0 amide bonds. The Kier molecular flexibility index (Phi) is 30.3. The molecule has 1 aliphatic rings. The van der Waals surface area contributed by atoms with Crippen molar-refractivity contribution in [3.8, 4) is 0 Å². The lowest BCUT2D eigenvalue weighted by atomic mass is 10.1. The first-order valence-corrected chi connectivity index (χ1v) is 16.6. The number of hydrogen-bond donors (Lipinski definition) is 3. The van der Waals surface area contributed by atoms with Gasteiger partial charge in [0.25, 0.3) is 0 Å². The van der Waals surface area contributed by atoms with E-state index in [4.69, 9.17) is 14.6 Å². The van der Waals surface area contributed by atoms with Crippen LogP contribution in [0.3, 0.4) is 0 Å². The maximum Gasteiger partial charge on any atom is 0.0809 e. The van der Waals surface area contributed by atoms with Crippen LogP contribution in [0.2, 0.25) is 0 Å². The lowest BCUT2D eigenvalue weighted by molar-refractivity contribution is 0.0746. The number of benzene rings is 1. The van der Waals surface area contributed by atoms with E-state index in [-0.39, 0.29) is 18.8 Å². The van der Waals surface area contributed by atoms with Crippen LogP contribution < -0.4 is 0 Å². The molecule has 1 heterocycles. The van der Waals surface area contributed by atoms with E-state index in [9.17, 15) is 10.2 Å². The van der Waals surface area contributed by atoms with Crippen molar-refractivity contribution in [1.82, 2.24) is 0 Å². The highest BCUT2D eigenvalue weighted by molar-refractivity contribution is 5.13. The largest absolute Gasteiger partial charge is 0.396 e. The summed E-state index contributed by atoms with van der Waals surface area (Å²) in [4.78, 5) is 0. The number of rotatable bonds is 23. The third-order valence-electron chi connectivity index (χ3n) is 6.78. The van der Waals surface area contributed by atoms with E-state index in [0.717, 1.165) is 25.9 Å². The molecule has 0 aromatic heterocycles. The number of aliphatic hydroxyl groups excluding tert-OH is 3. The second kappa shape index (κ2) is 31.4. The molecule has 1 aliphatic heterocycles. The highest BCUT2D eigenvalue weighted by Crippen LogP contribution is 2.14. The Morgan fingerprint density at radius 1 is 0.780 bits per heavy atom. The van der Waals surface area contributed by atoms with Crippen LogP contribution in [0.25, 0.3) is 0 Å². The first-order chi connectivity index (χ1) is 20.1. The molecule has 0 unspecified atom stereocenters. The third kappa shape index (κ3) is 31.3. The molecule has 3 N–H and O–H groups in total. The van der Waals surface area contributed by atoms with Crippen LogP contribution >= 0.6 is 0 Å². The molecule has 0 bridgehead atoms. The van der Waals surface area contributed by atoms with Gasteiger partial charge in [-0.2, -0.15) is 0 Å². The number of unbranched alkanes of at least 4 members (excludes halogenated alkanes) is 8. The predicted octanol–water partition coefficient (Wildman–Crippen LogP) is 8.70. The van der Waals surface area contributed by atoms with Gasteiger partial charge in [-0.05, 0) is 63.4 Å². The van der Waals surface area contributed by atoms with Gasteiger partial charge in [-0.3, -0.25) is 0 Å². The van der Waals surface area contributed by atoms with E-state index >= 15 is 0 Å². The fourth-order valence-electron chi connectivity index (χ4n) is 4.05. The van der Waals surface area contributed by atoms with E-state index < -0.39 is 0 Å². The number of allylic oxidation sites excluding steroid dienone is 2. The quantitative estimate of drug-likeness (QED) is 0.0689. The Labute approximate surface area is 253 Å². The molecule has 0 saturated carbocycles. The molecule has 1 aromatic carbocycles. The van der Waals surface area contributed by atoms with Crippen LogP contribution in [0.1, 0.15) is 129 Å². The summed E-state index contributed by atoms with van der Waals surface area (Å²) in [5.41, 5.74) is 1.18. The molecule has 0 spiro atoms. The van der Waals surface area contributed by atoms with Gasteiger partial charge < -0.3 is 24.8 Å². The Morgan fingerprint density at radius 3 is 1.80 bits per heavy atom. The molecule has 5 nitrogen and oxygen atoms in total. The lowest BCUT2D eigenvalue weighted by Gasteiger charge is -2.08. The van der Waals surface area contributed by atoms with Gasteiger partial charge >= 0.3 is 0 Å². The molecule has 1 aromatic rings. The SMILES string of the molecule is CCCCCC/C=C/C[C@@H](O)CCO.CCCCCC/C=C/C[C@@H](O)CCOCc1ccccc1.CCC[C@H]1CO1. The molecule has 5 heteroatoms. The van der Waals surface area contributed by atoms with E-state index in [2.05, 4.69) is 51.1 Å². The standard InChI is InChI=1S/C19H30O2.C12H24O2.C5H10O/c1-2-3-4-5-6-7-11-14-19(20)15-16-21-17-18-12-9-8-10-13-18;1-2-3-4-5-6-7-8-9-12(14)10-11-13;1-2-3-5-4-6-5/h7-13,19-20H,2-6,14-17H2,1H3;7-8,12-14H,2-6,9-11H2,1H3;5H,2-4H2,1H3/b11-7+;8-7+;/t19-;12-;5-/m110/s1. The first-order valence-electron chi connectivity index (χ1n) is 16.6. The predicted molar refractivity (Wildman–Crippen MR) is 174 cm³/mol. The molecular formula is C36H64O5. The van der Waals surface area contributed by atoms with Crippen molar-refractivity contribution in [2.75, 3.05) is 19.8 Å². The maximum atomic E-state index is 9.86. The summed E-state index contributed by atoms with van der Waals surface area (Å²) in [5, 5.41) is 27.7. The number of hydrogen-bond acceptors (Lipinski definition) is 5. The van der Waals surface area contributed by atoms with Crippen molar-refractivity contribution in [2.24, 2.45) is 0 Å². The third-order valence-corrected chi connectivity index (χ3v) is 6.78. The van der Waals surface area contributed by atoms with Crippen LogP contribution in [0, 0.1) is 0 Å². The summed E-state index contributed by atoms with van der Waals surface area (Å²) < 4.78 is 10.5. The van der Waals surface area contributed by atoms with Crippen LogP contribution in [0.4, 0.5) is 0 Å². The van der Waals surface area contributed by atoms with Crippen molar-refractivity contribution in [3.63, 3.8) is 0 Å². The minimum Gasteiger partial charge on any atom is -0.396 e. The molecule has 3 atom stereocenters. The average molecular weight is 577 g/mol. The summed E-state index contributed by atoms with van der Waals surface area (Å²) in [7, 11) is 0. The summed E-state index contributed by atoms with van der Waals surface area (Å²) in [6.07, 6.45) is 26.2. The van der Waals surface area contributed by atoms with Crippen LogP contribution in [-0.4, -0.2) is 53.5 Å². The fourth-order valence-corrected chi connectivity index (χ4v) is 4.05. The fraction of sp³-hybridized carbons (Fsp3) is 0.722. The first kappa shape index (κ1) is 39.5. The van der Waals surface area contributed by atoms with Gasteiger partial charge in [0.05, 0.1) is 31.5 Å². The zero-order valence-corrected chi connectivity index (χ0v) is 26.7. The topological polar surface area (TPSA) is 82.5 Å². The van der Waals surface area contributed by atoms with Crippen molar-refractivity contribution >= 4 is 0 Å². The molecule has 238 valence electrons. The Morgan fingerprint density at radius 2 is 1.34 bits per heavy atom. The van der Waals surface area contributed by atoms with Gasteiger partial charge in [-0.25, -0.2) is 0 Å². The van der Waals surface area contributed by atoms with Crippen molar-refractivity contribution in [1.29, 1.82) is 0 Å². The molecule has 1 fully saturated rings. The van der Waals surface area contributed by atoms with Crippen molar-refractivity contribution < 1.29 is 24.8 Å². The second-order valence-corrected chi connectivity index (χ2v) is 11.0. The lowest BCUT2D eigenvalue weighted by Crippen LogP contribution is -2.09.